The molecule has 0 aliphatic carbocycles. The fourth-order valence-electron chi connectivity index (χ4n) is 1.18. The highest BCUT2D eigenvalue weighted by Crippen LogP contribution is 2.22. The summed E-state index contributed by atoms with van der Waals surface area (Å²) in [5.41, 5.74) is 4.06. The lowest BCUT2D eigenvalue weighted by atomic mass is 10.1. The predicted molar refractivity (Wildman–Crippen MR) is 48.2 cm³/mol. The van der Waals surface area contributed by atoms with E-state index in [1.165, 1.54) is 0 Å². The molecule has 1 aromatic rings. The van der Waals surface area contributed by atoms with E-state index in [1.807, 2.05) is 6.92 Å². The summed E-state index contributed by atoms with van der Waals surface area (Å²) < 4.78 is 5.28. The molecular formula is C10H13NO3. The molecule has 0 spiro atoms. The van der Waals surface area contributed by atoms with Crippen LogP contribution < -0.4 is 15.6 Å². The van der Waals surface area contributed by atoms with E-state index in [0.717, 1.165) is 0 Å². The summed E-state index contributed by atoms with van der Waals surface area (Å²) in [5.74, 6) is -0.642. The first-order valence-electron chi connectivity index (χ1n) is 4.42. The molecule has 0 saturated carbocycles. The third-order valence-electron chi connectivity index (χ3n) is 1.88. The van der Waals surface area contributed by atoms with Crippen molar-refractivity contribution < 1.29 is 20.4 Å². The molecule has 4 heteroatoms. The van der Waals surface area contributed by atoms with Crippen LogP contribution in [0.25, 0.3) is 0 Å². The second-order valence-corrected chi connectivity index (χ2v) is 2.84. The zero-order valence-electron chi connectivity index (χ0n) is 8.03. The van der Waals surface area contributed by atoms with E-state index in [0.29, 0.717) is 17.9 Å². The van der Waals surface area contributed by atoms with Crippen molar-refractivity contribution in [2.45, 2.75) is 13.0 Å². The number of para-hydroxylation sites is 1. The number of carbonyl (C=O) groups is 1. The second kappa shape index (κ2) is 4.62. The molecule has 0 amide bonds. The first kappa shape index (κ1) is 10.5. The Kier molecular flexibility index (Phi) is 3.48. The van der Waals surface area contributed by atoms with Gasteiger partial charge in [0.25, 0.3) is 0 Å². The molecule has 0 saturated heterocycles. The minimum absolute atomic E-state index is 0.497. The largest absolute Gasteiger partial charge is 0.544 e. The van der Waals surface area contributed by atoms with Crippen LogP contribution in [0.2, 0.25) is 0 Å². The Hall–Kier alpha value is -1.55. The number of carboxylic acid groups (broad SMARTS) is 1. The number of carboxylic acids is 1. The van der Waals surface area contributed by atoms with Crippen molar-refractivity contribution in [2.24, 2.45) is 0 Å². The summed E-state index contributed by atoms with van der Waals surface area (Å²) >= 11 is 0. The number of carbonyl (C=O) groups excluding carboxylic acids is 1. The van der Waals surface area contributed by atoms with E-state index in [1.54, 1.807) is 24.3 Å². The summed E-state index contributed by atoms with van der Waals surface area (Å²) in [4.78, 5) is 10.6. The Bertz CT molecular complexity index is 325. The van der Waals surface area contributed by atoms with Crippen LogP contribution in [0.15, 0.2) is 24.3 Å². The highest BCUT2D eigenvalue weighted by atomic mass is 16.5. The van der Waals surface area contributed by atoms with Gasteiger partial charge in [0, 0.05) is 0 Å². The molecule has 0 heterocycles. The zero-order chi connectivity index (χ0) is 10.6. The minimum Gasteiger partial charge on any atom is -0.544 e. The molecule has 3 N–H and O–H groups in total. The molecule has 1 rings (SSSR count). The van der Waals surface area contributed by atoms with Crippen LogP contribution >= 0.6 is 0 Å². The van der Waals surface area contributed by atoms with Gasteiger partial charge in [-0.2, -0.15) is 0 Å². The number of aliphatic carboxylic acids is 1. The third kappa shape index (κ3) is 2.23. The van der Waals surface area contributed by atoms with Crippen molar-refractivity contribution in [3.63, 3.8) is 0 Å². The molecule has 0 aliphatic heterocycles. The molecule has 1 atom stereocenters. The smallest absolute Gasteiger partial charge is 0.154 e. The fourth-order valence-corrected chi connectivity index (χ4v) is 1.18. The highest BCUT2D eigenvalue weighted by molar-refractivity contribution is 5.72. The average Bonchev–Trinajstić information content (AvgIpc) is 2.18. The summed E-state index contributed by atoms with van der Waals surface area (Å²) in [7, 11) is 0. The van der Waals surface area contributed by atoms with Crippen LogP contribution in [0.5, 0.6) is 5.75 Å². The molecule has 14 heavy (non-hydrogen) atoms. The van der Waals surface area contributed by atoms with Crippen LogP contribution in [0.3, 0.4) is 0 Å². The lowest BCUT2D eigenvalue weighted by Gasteiger charge is -2.14. The van der Waals surface area contributed by atoms with Gasteiger partial charge in [0.05, 0.1) is 12.2 Å². The summed E-state index contributed by atoms with van der Waals surface area (Å²) in [6, 6.07) is 6.05. The van der Waals surface area contributed by atoms with Crippen LogP contribution in [0.4, 0.5) is 0 Å². The molecule has 0 bridgehead atoms. The second-order valence-electron chi connectivity index (χ2n) is 2.84. The van der Waals surface area contributed by atoms with E-state index in [9.17, 15) is 9.90 Å². The minimum atomic E-state index is -1.20. The Morgan fingerprint density at radius 3 is 2.79 bits per heavy atom. The number of benzene rings is 1. The number of hydrogen-bond donors (Lipinski definition) is 1. The topological polar surface area (TPSA) is 77.0 Å². The van der Waals surface area contributed by atoms with E-state index >= 15 is 0 Å². The SMILES string of the molecule is CCOc1ccccc1[C@H]([NH3+])C(=O)[O-]. The highest BCUT2D eigenvalue weighted by Gasteiger charge is 2.15. The molecule has 0 radical (unpaired) electrons. The fraction of sp³-hybridized carbons (Fsp3) is 0.300. The van der Waals surface area contributed by atoms with Crippen LogP contribution in [-0.4, -0.2) is 12.6 Å². The summed E-state index contributed by atoms with van der Waals surface area (Å²) in [6.45, 7) is 2.34. The van der Waals surface area contributed by atoms with Crippen molar-refractivity contribution in [3.05, 3.63) is 29.8 Å². The van der Waals surface area contributed by atoms with Gasteiger partial charge in [0.15, 0.2) is 6.04 Å². The van der Waals surface area contributed by atoms with Gasteiger partial charge >= 0.3 is 0 Å². The number of quaternary nitrogens is 1. The van der Waals surface area contributed by atoms with E-state index < -0.39 is 12.0 Å². The first-order valence-corrected chi connectivity index (χ1v) is 4.42. The Morgan fingerprint density at radius 2 is 2.21 bits per heavy atom. The maximum absolute atomic E-state index is 10.6. The van der Waals surface area contributed by atoms with E-state index in [-0.39, 0.29) is 0 Å². The van der Waals surface area contributed by atoms with Gasteiger partial charge in [-0.15, -0.1) is 0 Å². The Labute approximate surface area is 82.3 Å². The summed E-state index contributed by atoms with van der Waals surface area (Å²) in [6.07, 6.45) is 0. The predicted octanol–water partition coefficient (Wildman–Crippen LogP) is -0.882. The lowest BCUT2D eigenvalue weighted by molar-refractivity contribution is -0.443. The van der Waals surface area contributed by atoms with Gasteiger partial charge in [-0.25, -0.2) is 0 Å². The van der Waals surface area contributed by atoms with Crippen molar-refractivity contribution in [2.75, 3.05) is 6.61 Å². The molecular weight excluding hydrogens is 182 g/mol. The molecule has 76 valence electrons. The van der Waals surface area contributed by atoms with Crippen molar-refractivity contribution >= 4 is 5.97 Å². The van der Waals surface area contributed by atoms with Gasteiger partial charge in [-0.1, -0.05) is 12.1 Å². The van der Waals surface area contributed by atoms with Crippen LogP contribution in [0.1, 0.15) is 18.5 Å². The van der Waals surface area contributed by atoms with Crippen molar-refractivity contribution in [3.8, 4) is 5.75 Å². The molecule has 0 fully saturated rings. The number of rotatable bonds is 4. The van der Waals surface area contributed by atoms with Gasteiger partial charge in [-0.3, -0.25) is 0 Å². The normalized spacial score (nSPS) is 12.1. The number of ether oxygens (including phenoxy) is 1. The molecule has 0 aliphatic rings. The monoisotopic (exact) mass is 195 g/mol. The standard InChI is InChI=1S/C10H13NO3/c1-2-14-8-6-4-3-5-7(8)9(11)10(12)13/h3-6,9H,2,11H2,1H3,(H,12,13)/t9-/m0/s1. The van der Waals surface area contributed by atoms with E-state index in [4.69, 9.17) is 4.74 Å². The Balaban J connectivity index is 3.00. The first-order chi connectivity index (χ1) is 6.66. The molecule has 0 aromatic heterocycles. The average molecular weight is 195 g/mol. The van der Waals surface area contributed by atoms with Crippen molar-refractivity contribution in [1.29, 1.82) is 0 Å². The molecule has 4 nitrogen and oxygen atoms in total. The Morgan fingerprint density at radius 1 is 1.57 bits per heavy atom. The number of hydrogen-bond acceptors (Lipinski definition) is 3. The maximum atomic E-state index is 10.6. The zero-order valence-corrected chi connectivity index (χ0v) is 8.03. The van der Waals surface area contributed by atoms with Gasteiger partial charge in [-0.05, 0) is 19.1 Å². The van der Waals surface area contributed by atoms with Crippen molar-refractivity contribution in [1.82, 2.24) is 0 Å². The molecule has 0 unspecified atom stereocenters. The van der Waals surface area contributed by atoms with Gasteiger partial charge < -0.3 is 20.4 Å². The summed E-state index contributed by atoms with van der Waals surface area (Å²) in [5, 5.41) is 10.6. The quantitative estimate of drug-likeness (QED) is 0.677. The lowest BCUT2D eigenvalue weighted by Crippen LogP contribution is -2.61. The van der Waals surface area contributed by atoms with Gasteiger partial charge in [0.2, 0.25) is 0 Å². The third-order valence-corrected chi connectivity index (χ3v) is 1.88. The van der Waals surface area contributed by atoms with Crippen LogP contribution in [-0.2, 0) is 4.79 Å². The van der Waals surface area contributed by atoms with E-state index in [2.05, 4.69) is 5.73 Å². The van der Waals surface area contributed by atoms with Crippen LogP contribution in [0, 0.1) is 0 Å². The maximum Gasteiger partial charge on any atom is 0.154 e. The van der Waals surface area contributed by atoms with Gasteiger partial charge in [0.1, 0.15) is 11.7 Å². The molecule has 1 aromatic carbocycles.